The van der Waals surface area contributed by atoms with E-state index in [1.165, 1.54) is 6.20 Å². The van der Waals surface area contributed by atoms with Crippen LogP contribution in [0.1, 0.15) is 23.0 Å². The predicted molar refractivity (Wildman–Crippen MR) is 96.3 cm³/mol. The SMILES string of the molecule is CCn1ncc(Cl)c1C(=O)Nc1cnn(Cc2ccc(Br)cc2)c1. The van der Waals surface area contributed by atoms with Gasteiger partial charge in [-0.3, -0.25) is 14.2 Å². The van der Waals surface area contributed by atoms with Crippen molar-refractivity contribution in [3.63, 3.8) is 0 Å². The number of aryl methyl sites for hydroxylation is 1. The average Bonchev–Trinajstić information content (AvgIpc) is 3.15. The Labute approximate surface area is 152 Å². The van der Waals surface area contributed by atoms with Gasteiger partial charge in [-0.05, 0) is 24.6 Å². The largest absolute Gasteiger partial charge is 0.318 e. The third kappa shape index (κ3) is 3.68. The Hall–Kier alpha value is -2.12. The molecule has 0 aliphatic carbocycles. The molecule has 0 radical (unpaired) electrons. The lowest BCUT2D eigenvalue weighted by atomic mass is 10.2. The van der Waals surface area contributed by atoms with Crippen LogP contribution in [0.5, 0.6) is 0 Å². The Balaban J connectivity index is 1.70. The second-order valence-electron chi connectivity index (χ2n) is 5.16. The van der Waals surface area contributed by atoms with Crippen molar-refractivity contribution in [2.75, 3.05) is 5.32 Å². The van der Waals surface area contributed by atoms with Gasteiger partial charge in [0.15, 0.2) is 0 Å². The maximum atomic E-state index is 12.4. The molecular weight excluding hydrogens is 394 g/mol. The molecule has 0 unspecified atom stereocenters. The molecular formula is C16H15BrClN5O. The fourth-order valence-electron chi connectivity index (χ4n) is 2.31. The highest BCUT2D eigenvalue weighted by Gasteiger charge is 2.17. The van der Waals surface area contributed by atoms with E-state index in [1.807, 2.05) is 31.2 Å². The summed E-state index contributed by atoms with van der Waals surface area (Å²) in [6.45, 7) is 3.09. The van der Waals surface area contributed by atoms with Gasteiger partial charge in [0.1, 0.15) is 5.69 Å². The zero-order valence-corrected chi connectivity index (χ0v) is 15.3. The normalized spacial score (nSPS) is 10.8. The maximum Gasteiger partial charge on any atom is 0.275 e. The van der Waals surface area contributed by atoms with Gasteiger partial charge in [0.2, 0.25) is 0 Å². The number of nitrogens with one attached hydrogen (secondary N) is 1. The Morgan fingerprint density at radius 3 is 2.71 bits per heavy atom. The van der Waals surface area contributed by atoms with Crippen LogP contribution in [0.15, 0.2) is 47.3 Å². The van der Waals surface area contributed by atoms with Gasteiger partial charge in [-0.25, -0.2) is 0 Å². The van der Waals surface area contributed by atoms with Crippen LogP contribution < -0.4 is 5.32 Å². The third-order valence-corrected chi connectivity index (χ3v) is 4.26. The number of carbonyl (C=O) groups is 1. The monoisotopic (exact) mass is 407 g/mol. The number of carbonyl (C=O) groups excluding carboxylic acids is 1. The average molecular weight is 409 g/mol. The highest BCUT2D eigenvalue weighted by Crippen LogP contribution is 2.18. The standard InChI is InChI=1S/C16H15BrClN5O/c1-2-23-15(14(18)8-20-23)16(24)21-13-7-19-22(10-13)9-11-3-5-12(17)6-4-11/h3-8,10H,2,9H2,1H3,(H,21,24). The molecule has 2 aromatic heterocycles. The summed E-state index contributed by atoms with van der Waals surface area (Å²) in [4.78, 5) is 12.4. The molecule has 2 heterocycles. The van der Waals surface area contributed by atoms with E-state index in [2.05, 4.69) is 31.4 Å². The van der Waals surface area contributed by atoms with Crippen molar-refractivity contribution in [2.24, 2.45) is 0 Å². The second kappa shape index (κ2) is 7.19. The first kappa shape index (κ1) is 16.7. The van der Waals surface area contributed by atoms with Crippen molar-refractivity contribution in [1.29, 1.82) is 0 Å². The first-order valence-corrected chi connectivity index (χ1v) is 8.53. The molecule has 0 fully saturated rings. The van der Waals surface area contributed by atoms with Crippen molar-refractivity contribution in [2.45, 2.75) is 20.0 Å². The van der Waals surface area contributed by atoms with Crippen LogP contribution in [0.25, 0.3) is 0 Å². The Bertz CT molecular complexity index is 856. The summed E-state index contributed by atoms with van der Waals surface area (Å²) in [5.74, 6) is -0.303. The quantitative estimate of drug-likeness (QED) is 0.698. The number of aromatic nitrogens is 4. The van der Waals surface area contributed by atoms with Crippen LogP contribution in [0.4, 0.5) is 5.69 Å². The summed E-state index contributed by atoms with van der Waals surface area (Å²) in [7, 11) is 0. The van der Waals surface area contributed by atoms with E-state index in [-0.39, 0.29) is 5.91 Å². The van der Waals surface area contributed by atoms with Crippen LogP contribution >= 0.6 is 27.5 Å². The van der Waals surface area contributed by atoms with Crippen LogP contribution in [0.3, 0.4) is 0 Å². The topological polar surface area (TPSA) is 64.7 Å². The Morgan fingerprint density at radius 2 is 2.00 bits per heavy atom. The third-order valence-electron chi connectivity index (χ3n) is 3.46. The van der Waals surface area contributed by atoms with Gasteiger partial charge in [-0.2, -0.15) is 10.2 Å². The fraction of sp³-hybridized carbons (Fsp3) is 0.188. The highest BCUT2D eigenvalue weighted by atomic mass is 79.9. The summed E-state index contributed by atoms with van der Waals surface area (Å²) >= 11 is 9.45. The van der Waals surface area contributed by atoms with Gasteiger partial charge in [0, 0.05) is 17.2 Å². The second-order valence-corrected chi connectivity index (χ2v) is 6.49. The molecule has 0 saturated carbocycles. The number of nitrogens with zero attached hydrogens (tertiary/aromatic N) is 4. The van der Waals surface area contributed by atoms with E-state index in [0.29, 0.717) is 29.5 Å². The molecule has 124 valence electrons. The van der Waals surface area contributed by atoms with Crippen LogP contribution in [-0.2, 0) is 13.1 Å². The highest BCUT2D eigenvalue weighted by molar-refractivity contribution is 9.10. The molecule has 24 heavy (non-hydrogen) atoms. The number of benzene rings is 1. The zero-order chi connectivity index (χ0) is 17.1. The van der Waals surface area contributed by atoms with Gasteiger partial charge in [0.05, 0.1) is 29.6 Å². The van der Waals surface area contributed by atoms with Crippen molar-refractivity contribution in [3.05, 3.63) is 63.6 Å². The van der Waals surface area contributed by atoms with Gasteiger partial charge < -0.3 is 5.32 Å². The number of anilines is 1. The number of halogens is 2. The molecule has 0 spiro atoms. The van der Waals surface area contributed by atoms with Gasteiger partial charge in [-0.15, -0.1) is 0 Å². The number of hydrogen-bond acceptors (Lipinski definition) is 3. The molecule has 0 saturated heterocycles. The van der Waals surface area contributed by atoms with Crippen LogP contribution in [0.2, 0.25) is 5.02 Å². The van der Waals surface area contributed by atoms with Gasteiger partial charge >= 0.3 is 0 Å². The Morgan fingerprint density at radius 1 is 1.25 bits per heavy atom. The lowest BCUT2D eigenvalue weighted by molar-refractivity contribution is 0.101. The molecule has 8 heteroatoms. The molecule has 1 aromatic carbocycles. The number of hydrogen-bond donors (Lipinski definition) is 1. The summed E-state index contributed by atoms with van der Waals surface area (Å²) in [6.07, 6.45) is 4.86. The minimum absolute atomic E-state index is 0.303. The minimum atomic E-state index is -0.303. The first-order chi connectivity index (χ1) is 11.6. The minimum Gasteiger partial charge on any atom is -0.318 e. The molecule has 0 aliphatic heterocycles. The lowest BCUT2D eigenvalue weighted by Crippen LogP contribution is -2.17. The summed E-state index contributed by atoms with van der Waals surface area (Å²) in [5.41, 5.74) is 2.07. The molecule has 1 N–H and O–H groups in total. The fourth-order valence-corrected chi connectivity index (χ4v) is 2.80. The smallest absolute Gasteiger partial charge is 0.275 e. The van der Waals surface area contributed by atoms with E-state index >= 15 is 0 Å². The summed E-state index contributed by atoms with van der Waals surface area (Å²) in [6, 6.07) is 8.00. The van der Waals surface area contributed by atoms with Crippen LogP contribution in [0, 0.1) is 0 Å². The van der Waals surface area contributed by atoms with Crippen LogP contribution in [-0.4, -0.2) is 25.5 Å². The van der Waals surface area contributed by atoms with E-state index in [1.54, 1.807) is 21.8 Å². The lowest BCUT2D eigenvalue weighted by Gasteiger charge is -2.05. The predicted octanol–water partition coefficient (Wildman–Crippen LogP) is 3.82. The maximum absolute atomic E-state index is 12.4. The molecule has 0 bridgehead atoms. The first-order valence-electron chi connectivity index (χ1n) is 7.36. The van der Waals surface area contributed by atoms with E-state index in [4.69, 9.17) is 11.6 Å². The van der Waals surface area contributed by atoms with Crippen molar-refractivity contribution >= 4 is 39.1 Å². The molecule has 3 rings (SSSR count). The van der Waals surface area contributed by atoms with E-state index in [9.17, 15) is 4.79 Å². The summed E-state index contributed by atoms with van der Waals surface area (Å²) in [5, 5.41) is 11.5. The number of rotatable bonds is 5. The number of amides is 1. The summed E-state index contributed by atoms with van der Waals surface area (Å²) < 4.78 is 4.35. The van der Waals surface area contributed by atoms with E-state index < -0.39 is 0 Å². The van der Waals surface area contributed by atoms with Gasteiger partial charge in [-0.1, -0.05) is 39.7 Å². The molecule has 3 aromatic rings. The Kier molecular flexibility index (Phi) is 5.01. The molecule has 0 aliphatic rings. The van der Waals surface area contributed by atoms with Crippen molar-refractivity contribution in [1.82, 2.24) is 19.6 Å². The van der Waals surface area contributed by atoms with Crippen molar-refractivity contribution < 1.29 is 4.79 Å². The molecule has 1 amide bonds. The van der Waals surface area contributed by atoms with Gasteiger partial charge in [0.25, 0.3) is 5.91 Å². The molecule has 6 nitrogen and oxygen atoms in total. The zero-order valence-electron chi connectivity index (χ0n) is 12.9. The van der Waals surface area contributed by atoms with E-state index in [0.717, 1.165) is 10.0 Å². The molecule has 0 atom stereocenters. The van der Waals surface area contributed by atoms with Crippen molar-refractivity contribution in [3.8, 4) is 0 Å².